The van der Waals surface area contributed by atoms with Crippen molar-refractivity contribution < 1.29 is 22.6 Å². The molecule has 4 rings (SSSR count). The standard InChI is InChI=1S/C30H33F3O2/c1-3-5-17-34-28-16-14-25(29(32)30(28)33)22-10-8-21(9-11-22)24-13-12-23(18-26(24)31)27-15-7-20(6-4-2)19-35-27/h8-14,16,18,20,27H,3-7,15,17,19H2,1-2H3. The van der Waals surface area contributed by atoms with E-state index in [9.17, 15) is 8.78 Å². The molecular weight excluding hydrogens is 449 g/mol. The third-order valence-electron chi connectivity index (χ3n) is 6.74. The number of unbranched alkanes of at least 4 members (excludes halogenated alkanes) is 1. The van der Waals surface area contributed by atoms with E-state index in [4.69, 9.17) is 9.47 Å². The maximum Gasteiger partial charge on any atom is 0.201 e. The van der Waals surface area contributed by atoms with Crippen molar-refractivity contribution in [1.29, 1.82) is 0 Å². The van der Waals surface area contributed by atoms with Gasteiger partial charge in [0.15, 0.2) is 11.6 Å². The van der Waals surface area contributed by atoms with Crippen molar-refractivity contribution in [2.24, 2.45) is 5.92 Å². The molecule has 0 radical (unpaired) electrons. The second-order valence-electron chi connectivity index (χ2n) is 9.31. The summed E-state index contributed by atoms with van der Waals surface area (Å²) in [6.45, 7) is 5.26. The number of benzene rings is 3. The van der Waals surface area contributed by atoms with Crippen LogP contribution in [0.4, 0.5) is 13.2 Å². The van der Waals surface area contributed by atoms with Crippen LogP contribution in [0.3, 0.4) is 0 Å². The predicted molar refractivity (Wildman–Crippen MR) is 134 cm³/mol. The zero-order valence-corrected chi connectivity index (χ0v) is 20.5. The summed E-state index contributed by atoms with van der Waals surface area (Å²) in [4.78, 5) is 0. The largest absolute Gasteiger partial charge is 0.490 e. The zero-order valence-electron chi connectivity index (χ0n) is 20.5. The lowest BCUT2D eigenvalue weighted by Crippen LogP contribution is -2.20. The van der Waals surface area contributed by atoms with Crippen LogP contribution in [0.5, 0.6) is 5.75 Å². The summed E-state index contributed by atoms with van der Waals surface area (Å²) in [6.07, 6.45) is 5.95. The Labute approximate surface area is 206 Å². The van der Waals surface area contributed by atoms with Gasteiger partial charge in [-0.3, -0.25) is 0 Å². The van der Waals surface area contributed by atoms with Crippen molar-refractivity contribution in [3.05, 3.63) is 77.6 Å². The van der Waals surface area contributed by atoms with Gasteiger partial charge >= 0.3 is 0 Å². The molecule has 3 aromatic carbocycles. The molecule has 1 aliphatic rings. The van der Waals surface area contributed by atoms with Crippen LogP contribution >= 0.6 is 0 Å². The van der Waals surface area contributed by atoms with E-state index >= 15 is 4.39 Å². The first-order chi connectivity index (χ1) is 17.0. The lowest BCUT2D eigenvalue weighted by atomic mass is 9.91. The Morgan fingerprint density at radius 3 is 2.17 bits per heavy atom. The highest BCUT2D eigenvalue weighted by Gasteiger charge is 2.23. The monoisotopic (exact) mass is 482 g/mol. The van der Waals surface area contributed by atoms with Crippen LogP contribution in [0.25, 0.3) is 22.3 Å². The number of hydrogen-bond donors (Lipinski definition) is 0. The molecule has 2 unspecified atom stereocenters. The average Bonchev–Trinajstić information content (AvgIpc) is 2.88. The highest BCUT2D eigenvalue weighted by molar-refractivity contribution is 5.71. The molecule has 2 nitrogen and oxygen atoms in total. The summed E-state index contributed by atoms with van der Waals surface area (Å²) in [5.41, 5.74) is 2.65. The molecule has 1 aliphatic heterocycles. The smallest absolute Gasteiger partial charge is 0.201 e. The Hall–Kier alpha value is -2.79. The lowest BCUT2D eigenvalue weighted by molar-refractivity contribution is -0.0195. The predicted octanol–water partition coefficient (Wildman–Crippen LogP) is 8.88. The minimum Gasteiger partial charge on any atom is -0.490 e. The topological polar surface area (TPSA) is 18.5 Å². The molecule has 1 saturated heterocycles. The fraction of sp³-hybridized carbons (Fsp3) is 0.400. The summed E-state index contributed by atoms with van der Waals surface area (Å²) in [7, 11) is 0. The molecule has 1 fully saturated rings. The fourth-order valence-electron chi connectivity index (χ4n) is 4.69. The van der Waals surface area contributed by atoms with Crippen molar-refractivity contribution in [1.82, 2.24) is 0 Å². The molecule has 5 heteroatoms. The van der Waals surface area contributed by atoms with E-state index in [1.165, 1.54) is 18.6 Å². The summed E-state index contributed by atoms with van der Waals surface area (Å²) in [5, 5.41) is 0. The Bertz CT molecular complexity index is 1120. The molecule has 0 bridgehead atoms. The van der Waals surface area contributed by atoms with E-state index in [0.29, 0.717) is 29.2 Å². The van der Waals surface area contributed by atoms with E-state index < -0.39 is 11.6 Å². The summed E-state index contributed by atoms with van der Waals surface area (Å²) in [6, 6.07) is 15.0. The number of rotatable bonds is 9. The van der Waals surface area contributed by atoms with Gasteiger partial charge in [0, 0.05) is 11.1 Å². The van der Waals surface area contributed by atoms with Crippen molar-refractivity contribution in [2.45, 2.75) is 58.5 Å². The quantitative estimate of drug-likeness (QED) is 0.284. The van der Waals surface area contributed by atoms with Crippen LogP contribution < -0.4 is 4.74 Å². The molecule has 35 heavy (non-hydrogen) atoms. The van der Waals surface area contributed by atoms with Crippen molar-refractivity contribution in [2.75, 3.05) is 13.2 Å². The van der Waals surface area contributed by atoms with Gasteiger partial charge in [-0.2, -0.15) is 4.39 Å². The molecule has 0 N–H and O–H groups in total. The Morgan fingerprint density at radius 2 is 1.54 bits per heavy atom. The van der Waals surface area contributed by atoms with Gasteiger partial charge in [0.25, 0.3) is 0 Å². The van der Waals surface area contributed by atoms with Gasteiger partial charge in [-0.25, -0.2) is 8.78 Å². The van der Waals surface area contributed by atoms with Crippen LogP contribution in [0.2, 0.25) is 0 Å². The van der Waals surface area contributed by atoms with Crippen molar-refractivity contribution >= 4 is 0 Å². The normalized spacial score (nSPS) is 18.0. The molecule has 0 aromatic heterocycles. The number of ether oxygens (including phenoxy) is 2. The highest BCUT2D eigenvalue weighted by Crippen LogP contribution is 2.35. The van der Waals surface area contributed by atoms with Crippen LogP contribution in [0.15, 0.2) is 54.6 Å². The Kier molecular flexibility index (Phi) is 8.50. The summed E-state index contributed by atoms with van der Waals surface area (Å²) >= 11 is 0. The SMILES string of the molecule is CCCCOc1ccc(-c2ccc(-c3ccc(C4CCC(CCC)CO4)cc3F)cc2)c(F)c1F. The molecule has 0 amide bonds. The Balaban J connectivity index is 1.48. The molecule has 0 saturated carbocycles. The van der Waals surface area contributed by atoms with Gasteiger partial charge in [0.1, 0.15) is 5.82 Å². The first-order valence-corrected chi connectivity index (χ1v) is 12.6. The summed E-state index contributed by atoms with van der Waals surface area (Å²) in [5.74, 6) is -1.74. The zero-order chi connectivity index (χ0) is 24.8. The van der Waals surface area contributed by atoms with E-state index in [1.807, 2.05) is 13.0 Å². The lowest BCUT2D eigenvalue weighted by Gasteiger charge is -2.29. The third-order valence-corrected chi connectivity index (χ3v) is 6.74. The summed E-state index contributed by atoms with van der Waals surface area (Å²) < 4.78 is 55.5. The van der Waals surface area contributed by atoms with Gasteiger partial charge in [0.2, 0.25) is 5.82 Å². The van der Waals surface area contributed by atoms with E-state index in [0.717, 1.165) is 44.3 Å². The molecule has 2 atom stereocenters. The van der Waals surface area contributed by atoms with E-state index in [2.05, 4.69) is 6.92 Å². The van der Waals surface area contributed by atoms with Gasteiger partial charge in [0.05, 0.1) is 19.3 Å². The van der Waals surface area contributed by atoms with Gasteiger partial charge in [-0.05, 0) is 66.5 Å². The van der Waals surface area contributed by atoms with E-state index in [1.54, 1.807) is 36.4 Å². The van der Waals surface area contributed by atoms with Crippen molar-refractivity contribution in [3.8, 4) is 28.0 Å². The number of halogens is 3. The van der Waals surface area contributed by atoms with E-state index in [-0.39, 0.29) is 23.2 Å². The second kappa shape index (κ2) is 11.8. The molecular formula is C30H33F3O2. The third kappa shape index (κ3) is 5.90. The minimum atomic E-state index is -0.991. The van der Waals surface area contributed by atoms with Crippen LogP contribution in [-0.4, -0.2) is 13.2 Å². The van der Waals surface area contributed by atoms with Crippen LogP contribution in [0.1, 0.15) is 64.0 Å². The maximum atomic E-state index is 15.0. The van der Waals surface area contributed by atoms with Gasteiger partial charge < -0.3 is 9.47 Å². The molecule has 0 aliphatic carbocycles. The second-order valence-corrected chi connectivity index (χ2v) is 9.31. The maximum absolute atomic E-state index is 15.0. The van der Waals surface area contributed by atoms with Gasteiger partial charge in [-0.1, -0.05) is 63.1 Å². The van der Waals surface area contributed by atoms with Gasteiger partial charge in [-0.15, -0.1) is 0 Å². The fourth-order valence-corrected chi connectivity index (χ4v) is 4.69. The molecule has 0 spiro atoms. The molecule has 3 aromatic rings. The minimum absolute atomic E-state index is 0.0687. The van der Waals surface area contributed by atoms with Crippen molar-refractivity contribution in [3.63, 3.8) is 0 Å². The molecule has 1 heterocycles. The first-order valence-electron chi connectivity index (χ1n) is 12.6. The van der Waals surface area contributed by atoms with Crippen LogP contribution in [-0.2, 0) is 4.74 Å². The number of hydrogen-bond acceptors (Lipinski definition) is 2. The highest BCUT2D eigenvalue weighted by atomic mass is 19.2. The van der Waals surface area contributed by atoms with Crippen LogP contribution in [0, 0.1) is 23.4 Å². The Morgan fingerprint density at radius 1 is 0.829 bits per heavy atom. The average molecular weight is 483 g/mol. The first kappa shape index (κ1) is 25.3. The molecule has 186 valence electrons.